The molecular weight excluding hydrogens is 236 g/mol. The van der Waals surface area contributed by atoms with Gasteiger partial charge >= 0.3 is 12.0 Å². The van der Waals surface area contributed by atoms with Crippen molar-refractivity contribution in [2.24, 2.45) is 0 Å². The Morgan fingerprint density at radius 2 is 2.00 bits per heavy atom. The summed E-state index contributed by atoms with van der Waals surface area (Å²) in [6.45, 7) is -0.529. The number of carbonyl (C=O) groups excluding carboxylic acids is 1. The number of carbonyl (C=O) groups is 2. The Morgan fingerprint density at radius 3 is 2.56 bits per heavy atom. The standard InChI is InChI=1S/C8H14N2O5S/c11-7(12)5-9-8(13)10-6-3-1-2-4-16(6,14)15/h6H,1-5H2,(H,11,12)(H2,9,10,13). The van der Waals surface area contributed by atoms with Crippen molar-refractivity contribution in [3.63, 3.8) is 0 Å². The van der Waals surface area contributed by atoms with E-state index in [1.807, 2.05) is 0 Å². The van der Waals surface area contributed by atoms with Crippen LogP contribution < -0.4 is 10.6 Å². The molecule has 0 saturated carbocycles. The van der Waals surface area contributed by atoms with E-state index in [9.17, 15) is 18.0 Å². The number of nitrogens with one attached hydrogen (secondary N) is 2. The van der Waals surface area contributed by atoms with E-state index in [-0.39, 0.29) is 5.75 Å². The molecule has 1 saturated heterocycles. The van der Waals surface area contributed by atoms with Crippen LogP contribution in [-0.4, -0.2) is 43.2 Å². The SMILES string of the molecule is O=C(O)CNC(=O)NC1CCCCS1(=O)=O. The number of urea groups is 1. The lowest BCUT2D eigenvalue weighted by atomic mass is 10.2. The number of amides is 2. The number of carboxylic acid groups (broad SMARTS) is 1. The van der Waals surface area contributed by atoms with Crippen molar-refractivity contribution in [1.29, 1.82) is 0 Å². The topological polar surface area (TPSA) is 113 Å². The third kappa shape index (κ3) is 3.69. The summed E-state index contributed by atoms with van der Waals surface area (Å²) in [5, 5.41) is 11.7. The number of aliphatic carboxylic acids is 1. The Hall–Kier alpha value is -1.31. The van der Waals surface area contributed by atoms with Gasteiger partial charge in [0.15, 0.2) is 9.84 Å². The molecule has 2 amide bonds. The van der Waals surface area contributed by atoms with Crippen LogP contribution in [0.3, 0.4) is 0 Å². The summed E-state index contributed by atoms with van der Waals surface area (Å²) < 4.78 is 23.0. The van der Waals surface area contributed by atoms with Gasteiger partial charge in [-0.05, 0) is 19.3 Å². The molecule has 8 heteroatoms. The molecule has 0 aliphatic carbocycles. The van der Waals surface area contributed by atoms with E-state index < -0.39 is 33.8 Å². The van der Waals surface area contributed by atoms with Crippen molar-refractivity contribution < 1.29 is 23.1 Å². The molecule has 0 aromatic heterocycles. The van der Waals surface area contributed by atoms with E-state index in [1.165, 1.54) is 0 Å². The highest BCUT2D eigenvalue weighted by Crippen LogP contribution is 2.16. The first-order valence-electron chi connectivity index (χ1n) is 4.89. The molecule has 0 aromatic carbocycles. The highest BCUT2D eigenvalue weighted by Gasteiger charge is 2.29. The third-order valence-corrected chi connectivity index (χ3v) is 4.35. The molecule has 7 nitrogen and oxygen atoms in total. The summed E-state index contributed by atoms with van der Waals surface area (Å²) in [5.41, 5.74) is 0. The van der Waals surface area contributed by atoms with Crippen molar-refractivity contribution in [1.82, 2.24) is 10.6 Å². The fraction of sp³-hybridized carbons (Fsp3) is 0.750. The van der Waals surface area contributed by atoms with E-state index in [0.717, 1.165) is 6.42 Å². The molecule has 0 spiro atoms. The lowest BCUT2D eigenvalue weighted by Gasteiger charge is -2.23. The molecule has 1 aliphatic heterocycles. The monoisotopic (exact) mass is 250 g/mol. The van der Waals surface area contributed by atoms with Crippen LogP contribution in [0.2, 0.25) is 0 Å². The normalized spacial score (nSPS) is 23.4. The first-order valence-corrected chi connectivity index (χ1v) is 6.61. The van der Waals surface area contributed by atoms with Crippen molar-refractivity contribution >= 4 is 21.8 Å². The van der Waals surface area contributed by atoms with Crippen LogP contribution >= 0.6 is 0 Å². The average molecular weight is 250 g/mol. The quantitative estimate of drug-likeness (QED) is 0.612. The van der Waals surface area contributed by atoms with Crippen molar-refractivity contribution in [3.05, 3.63) is 0 Å². The number of hydrogen-bond donors (Lipinski definition) is 3. The van der Waals surface area contributed by atoms with E-state index in [4.69, 9.17) is 5.11 Å². The lowest BCUT2D eigenvalue weighted by Crippen LogP contribution is -2.48. The number of carboxylic acids is 1. The van der Waals surface area contributed by atoms with E-state index in [1.54, 1.807) is 0 Å². The highest BCUT2D eigenvalue weighted by molar-refractivity contribution is 7.92. The smallest absolute Gasteiger partial charge is 0.323 e. The Kier molecular flexibility index (Phi) is 4.11. The fourth-order valence-electron chi connectivity index (χ4n) is 1.47. The maximum Gasteiger partial charge on any atom is 0.323 e. The van der Waals surface area contributed by atoms with Crippen LogP contribution in [0.1, 0.15) is 19.3 Å². The first kappa shape index (κ1) is 12.8. The summed E-state index contributed by atoms with van der Waals surface area (Å²) in [4.78, 5) is 21.3. The third-order valence-electron chi connectivity index (χ3n) is 2.27. The predicted molar refractivity (Wildman–Crippen MR) is 55.6 cm³/mol. The maximum absolute atomic E-state index is 11.5. The fourth-order valence-corrected chi connectivity index (χ4v) is 3.17. The molecule has 3 N–H and O–H groups in total. The molecule has 16 heavy (non-hydrogen) atoms. The maximum atomic E-state index is 11.5. The van der Waals surface area contributed by atoms with Gasteiger partial charge in [-0.1, -0.05) is 0 Å². The van der Waals surface area contributed by atoms with Gasteiger partial charge in [0.1, 0.15) is 11.9 Å². The van der Waals surface area contributed by atoms with Gasteiger partial charge in [0.2, 0.25) is 0 Å². The van der Waals surface area contributed by atoms with E-state index >= 15 is 0 Å². The summed E-state index contributed by atoms with van der Waals surface area (Å²) >= 11 is 0. The van der Waals surface area contributed by atoms with Crippen LogP contribution in [0, 0.1) is 0 Å². The minimum atomic E-state index is -3.28. The molecule has 1 rings (SSSR count). The summed E-state index contributed by atoms with van der Waals surface area (Å²) in [6, 6.07) is -0.766. The van der Waals surface area contributed by atoms with Gasteiger partial charge in [-0.2, -0.15) is 0 Å². The van der Waals surface area contributed by atoms with E-state index in [0.29, 0.717) is 12.8 Å². The minimum Gasteiger partial charge on any atom is -0.480 e. The molecule has 0 aromatic rings. The summed E-state index contributed by atoms with van der Waals surface area (Å²) in [7, 11) is -3.28. The largest absolute Gasteiger partial charge is 0.480 e. The van der Waals surface area contributed by atoms with Gasteiger partial charge in [0.05, 0.1) is 5.75 Å². The zero-order chi connectivity index (χ0) is 12.2. The average Bonchev–Trinajstić information content (AvgIpc) is 2.18. The van der Waals surface area contributed by atoms with Gasteiger partial charge in [0, 0.05) is 0 Å². The minimum absolute atomic E-state index is 0.0663. The zero-order valence-electron chi connectivity index (χ0n) is 8.60. The van der Waals surface area contributed by atoms with E-state index in [2.05, 4.69) is 10.6 Å². The summed E-state index contributed by atoms with van der Waals surface area (Å²) in [6.07, 6.45) is 1.73. The second kappa shape index (κ2) is 5.15. The van der Waals surface area contributed by atoms with Gasteiger partial charge < -0.3 is 15.7 Å². The van der Waals surface area contributed by atoms with Crippen molar-refractivity contribution in [3.8, 4) is 0 Å². The van der Waals surface area contributed by atoms with Crippen molar-refractivity contribution in [2.75, 3.05) is 12.3 Å². The van der Waals surface area contributed by atoms with Crippen LogP contribution in [-0.2, 0) is 14.6 Å². The number of sulfone groups is 1. The molecule has 1 fully saturated rings. The van der Waals surface area contributed by atoms with Crippen LogP contribution in [0.4, 0.5) is 4.79 Å². The summed E-state index contributed by atoms with van der Waals surface area (Å²) in [5.74, 6) is -1.11. The lowest BCUT2D eigenvalue weighted by molar-refractivity contribution is -0.135. The zero-order valence-corrected chi connectivity index (χ0v) is 9.42. The first-order chi connectivity index (χ1) is 7.42. The van der Waals surface area contributed by atoms with Gasteiger partial charge in [-0.15, -0.1) is 0 Å². The molecule has 0 radical (unpaired) electrons. The van der Waals surface area contributed by atoms with Gasteiger partial charge in [0.25, 0.3) is 0 Å². The van der Waals surface area contributed by atoms with Gasteiger partial charge in [-0.25, -0.2) is 13.2 Å². The second-order valence-corrected chi connectivity index (χ2v) is 5.88. The number of rotatable bonds is 3. The Balaban J connectivity index is 2.46. The van der Waals surface area contributed by atoms with Crippen LogP contribution in [0.15, 0.2) is 0 Å². The van der Waals surface area contributed by atoms with Gasteiger partial charge in [-0.3, -0.25) is 4.79 Å². The van der Waals surface area contributed by atoms with Crippen molar-refractivity contribution in [2.45, 2.75) is 24.6 Å². The highest BCUT2D eigenvalue weighted by atomic mass is 32.2. The Bertz CT molecular complexity index is 378. The number of hydrogen-bond acceptors (Lipinski definition) is 4. The molecule has 1 atom stereocenters. The molecule has 1 heterocycles. The van der Waals surface area contributed by atoms with Crippen LogP contribution in [0.25, 0.3) is 0 Å². The Morgan fingerprint density at radius 1 is 1.31 bits per heavy atom. The molecule has 92 valence electrons. The molecule has 0 bridgehead atoms. The van der Waals surface area contributed by atoms with Crippen LogP contribution in [0.5, 0.6) is 0 Å². The second-order valence-electron chi connectivity index (χ2n) is 3.57. The molecular formula is C8H14N2O5S. The predicted octanol–water partition coefficient (Wildman–Crippen LogP) is -0.705. The Labute approximate surface area is 93.1 Å². The molecule has 1 aliphatic rings. The molecule has 1 unspecified atom stereocenters.